The first-order valence-electron chi connectivity index (χ1n) is 16.1. The molecule has 0 radical (unpaired) electrons. The Kier molecular flexibility index (Phi) is 9.54. The lowest BCUT2D eigenvalue weighted by Gasteiger charge is -2.33. The van der Waals surface area contributed by atoms with Gasteiger partial charge in [-0.2, -0.15) is 0 Å². The van der Waals surface area contributed by atoms with Crippen molar-refractivity contribution < 1.29 is 29.4 Å². The molecule has 5 aromatic carbocycles. The Morgan fingerprint density at radius 2 is 1.06 bits per heavy atom. The molecule has 0 heterocycles. The number of anilines is 2. The van der Waals surface area contributed by atoms with Gasteiger partial charge in [-0.05, 0) is 106 Å². The average Bonchev–Trinajstić information content (AvgIpc) is 3.12. The Labute approximate surface area is 288 Å². The third-order valence-corrected chi connectivity index (χ3v) is 8.97. The molecule has 50 heavy (non-hydrogen) atoms. The van der Waals surface area contributed by atoms with Gasteiger partial charge in [0.25, 0.3) is 0 Å². The van der Waals surface area contributed by atoms with Crippen molar-refractivity contribution in [3.8, 4) is 0 Å². The van der Waals surface area contributed by atoms with Crippen molar-refractivity contribution in [1.29, 1.82) is 0 Å². The predicted octanol–water partition coefficient (Wildman–Crippen LogP) is 8.24. The van der Waals surface area contributed by atoms with E-state index in [0.717, 1.165) is 75.4 Å². The number of hydrogen-bond donors (Lipinski definition) is 4. The molecule has 8 nitrogen and oxygen atoms in total. The second-order valence-corrected chi connectivity index (χ2v) is 12.2. The van der Waals surface area contributed by atoms with E-state index in [-0.39, 0.29) is 0 Å². The second-order valence-electron chi connectivity index (χ2n) is 12.2. The van der Waals surface area contributed by atoms with E-state index < -0.39 is 29.2 Å². The van der Waals surface area contributed by atoms with Gasteiger partial charge in [0.15, 0.2) is 0 Å². The normalized spacial score (nSPS) is 13.1. The van der Waals surface area contributed by atoms with Gasteiger partial charge in [-0.25, -0.2) is 9.59 Å². The summed E-state index contributed by atoms with van der Waals surface area (Å²) in [7, 11) is 0. The lowest BCUT2D eigenvalue weighted by atomic mass is 9.70. The molecular formula is C42H34N2O6. The largest absolute Gasteiger partial charge is 0.478 e. The molecular weight excluding hydrogens is 628 g/mol. The number of carboxylic acid groups (broad SMARTS) is 2. The van der Waals surface area contributed by atoms with Gasteiger partial charge in [0.05, 0.1) is 0 Å². The van der Waals surface area contributed by atoms with E-state index in [1.165, 1.54) is 11.1 Å². The molecule has 0 atom stereocenters. The van der Waals surface area contributed by atoms with Crippen LogP contribution in [0.15, 0.2) is 140 Å². The number of rotatable bonds is 10. The Bertz CT molecular complexity index is 2160. The predicted molar refractivity (Wildman–Crippen MR) is 197 cm³/mol. The van der Waals surface area contributed by atoms with Crippen LogP contribution in [0.25, 0.3) is 27.1 Å². The van der Waals surface area contributed by atoms with Crippen LogP contribution in [0.5, 0.6) is 0 Å². The van der Waals surface area contributed by atoms with Gasteiger partial charge in [-0.3, -0.25) is 9.59 Å². The lowest BCUT2D eigenvalue weighted by molar-refractivity contribution is -0.132. The maximum absolute atomic E-state index is 12.2. The average molecular weight is 663 g/mol. The fourth-order valence-corrected chi connectivity index (χ4v) is 6.29. The van der Waals surface area contributed by atoms with Crippen molar-refractivity contribution in [1.82, 2.24) is 0 Å². The highest BCUT2D eigenvalue weighted by atomic mass is 16.4. The topological polar surface area (TPSA) is 133 Å². The molecule has 0 saturated carbocycles. The van der Waals surface area contributed by atoms with Crippen LogP contribution in [-0.2, 0) is 24.6 Å². The first kappa shape index (κ1) is 33.4. The second kappa shape index (κ2) is 14.3. The zero-order chi connectivity index (χ0) is 35.3. The molecule has 1 aliphatic rings. The maximum atomic E-state index is 12.2. The molecule has 248 valence electrons. The minimum absolute atomic E-state index is 0.528. The minimum Gasteiger partial charge on any atom is -0.478 e. The quantitative estimate of drug-likeness (QED) is 0.0880. The fourth-order valence-electron chi connectivity index (χ4n) is 6.29. The van der Waals surface area contributed by atoms with Crippen molar-refractivity contribution in [2.45, 2.75) is 25.2 Å². The summed E-state index contributed by atoms with van der Waals surface area (Å²) in [6.45, 7) is 2.21. The summed E-state index contributed by atoms with van der Waals surface area (Å²) in [6.07, 6.45) is 12.0. The van der Waals surface area contributed by atoms with Crippen LogP contribution in [0.3, 0.4) is 0 Å². The summed E-state index contributed by atoms with van der Waals surface area (Å²) < 4.78 is 0. The summed E-state index contributed by atoms with van der Waals surface area (Å²) in [6, 6.07) is 32.4. The van der Waals surface area contributed by atoms with Crippen LogP contribution in [0.2, 0.25) is 0 Å². The van der Waals surface area contributed by atoms with Crippen LogP contribution in [-0.4, -0.2) is 34.0 Å². The van der Waals surface area contributed by atoms with Gasteiger partial charge < -0.3 is 20.8 Å². The number of allylic oxidation sites excluding steroid dienone is 4. The third kappa shape index (κ3) is 7.45. The van der Waals surface area contributed by atoms with E-state index in [4.69, 9.17) is 10.2 Å². The number of hydrogen-bond acceptors (Lipinski definition) is 4. The summed E-state index contributed by atoms with van der Waals surface area (Å²) in [5.74, 6) is -3.45. The number of nitrogens with one attached hydrogen (secondary N) is 2. The van der Waals surface area contributed by atoms with Crippen LogP contribution in [0, 0.1) is 0 Å². The van der Waals surface area contributed by atoms with E-state index in [9.17, 15) is 19.2 Å². The number of carbonyl (C=O) groups is 4. The first-order valence-corrected chi connectivity index (χ1v) is 16.1. The molecule has 0 aromatic heterocycles. The van der Waals surface area contributed by atoms with Crippen LogP contribution in [0.4, 0.5) is 11.4 Å². The van der Waals surface area contributed by atoms with E-state index in [0.29, 0.717) is 11.4 Å². The zero-order valence-electron chi connectivity index (χ0n) is 27.2. The molecule has 0 bridgehead atoms. The highest BCUT2D eigenvalue weighted by molar-refractivity contribution is 6.04. The van der Waals surface area contributed by atoms with Crippen LogP contribution in [0.1, 0.15) is 42.0 Å². The van der Waals surface area contributed by atoms with Crippen molar-refractivity contribution in [2.75, 3.05) is 10.6 Å². The van der Waals surface area contributed by atoms with Crippen LogP contribution >= 0.6 is 0 Å². The van der Waals surface area contributed by atoms with E-state index in [1.807, 2.05) is 36.4 Å². The van der Waals surface area contributed by atoms with E-state index >= 15 is 0 Å². The monoisotopic (exact) mass is 662 g/mol. The molecule has 0 aliphatic heterocycles. The molecule has 8 heteroatoms. The molecule has 0 fully saturated rings. The zero-order valence-corrected chi connectivity index (χ0v) is 27.2. The van der Waals surface area contributed by atoms with Gasteiger partial charge >= 0.3 is 11.9 Å². The number of carboxylic acids is 2. The fraction of sp³-hybridized carbons (Fsp3) is 0.0952. The molecule has 2 amide bonds. The van der Waals surface area contributed by atoms with Gasteiger partial charge in [-0.1, -0.05) is 78.9 Å². The van der Waals surface area contributed by atoms with Gasteiger partial charge in [-0.15, -0.1) is 0 Å². The lowest BCUT2D eigenvalue weighted by Crippen LogP contribution is -2.25. The van der Waals surface area contributed by atoms with Crippen molar-refractivity contribution in [3.05, 3.63) is 162 Å². The standard InChI is InChI=1S/C42H34N2O6/c1-42(33-13-7-28(8-14-33)27-5-3-2-4-6-27,34-15-9-31-25-36(17-11-29(31)23-34)43-38(45)19-21-40(47)48)35-16-10-32-26-37(18-12-30(32)24-35)44-39(46)20-22-41(49)50/h2-3,5,7-26H,4,6H2,1H3,(H,43,45)(H,44,46)(H,47,48)(H,49,50)/b21-19+,22-20+. The maximum Gasteiger partial charge on any atom is 0.328 e. The number of carbonyl (C=O) groups excluding carboxylic acids is 2. The van der Waals surface area contributed by atoms with Crippen molar-refractivity contribution in [2.24, 2.45) is 0 Å². The summed E-state index contributed by atoms with van der Waals surface area (Å²) in [5, 5.41) is 26.8. The third-order valence-electron chi connectivity index (χ3n) is 8.97. The number of amides is 2. The summed E-state index contributed by atoms with van der Waals surface area (Å²) in [5.41, 5.74) is 6.26. The first-order chi connectivity index (χ1) is 24.1. The van der Waals surface area contributed by atoms with Gasteiger partial charge in [0.2, 0.25) is 11.8 Å². The molecule has 0 saturated heterocycles. The molecule has 1 aliphatic carbocycles. The molecule has 5 aromatic rings. The SMILES string of the molecule is CC(c1ccc(C2=CC=CCC2)cc1)(c1ccc2cc(NC(=O)/C=C/C(=O)O)ccc2c1)c1ccc2cc(NC(=O)/C=C/C(=O)O)ccc2c1. The van der Waals surface area contributed by atoms with Crippen LogP contribution < -0.4 is 10.6 Å². The number of fused-ring (bicyclic) bond motifs is 2. The summed E-state index contributed by atoms with van der Waals surface area (Å²) >= 11 is 0. The van der Waals surface area contributed by atoms with E-state index in [2.05, 4.69) is 84.3 Å². The Morgan fingerprint density at radius 1 is 0.600 bits per heavy atom. The van der Waals surface area contributed by atoms with Gasteiger partial charge in [0.1, 0.15) is 0 Å². The summed E-state index contributed by atoms with van der Waals surface area (Å²) in [4.78, 5) is 45.9. The smallest absolute Gasteiger partial charge is 0.328 e. The van der Waals surface area contributed by atoms with E-state index in [1.54, 1.807) is 12.1 Å². The number of aliphatic carboxylic acids is 2. The molecule has 6 rings (SSSR count). The Hall–Kier alpha value is -6.54. The van der Waals surface area contributed by atoms with Crippen molar-refractivity contribution >= 4 is 62.2 Å². The minimum atomic E-state index is -1.20. The van der Waals surface area contributed by atoms with Gasteiger partial charge in [0, 0.05) is 41.1 Å². The molecule has 0 spiro atoms. The highest BCUT2D eigenvalue weighted by Gasteiger charge is 2.32. The Balaban J connectivity index is 1.39. The molecule has 4 N–H and O–H groups in total. The highest BCUT2D eigenvalue weighted by Crippen LogP contribution is 2.42. The van der Waals surface area contributed by atoms with Crippen molar-refractivity contribution in [3.63, 3.8) is 0 Å². The Morgan fingerprint density at radius 3 is 1.52 bits per heavy atom. The molecule has 0 unspecified atom stereocenters. The number of benzene rings is 5.